The topological polar surface area (TPSA) is 76.2 Å². The van der Waals surface area contributed by atoms with E-state index in [1.807, 2.05) is 0 Å². The van der Waals surface area contributed by atoms with E-state index in [2.05, 4.69) is 10.2 Å². The van der Waals surface area contributed by atoms with E-state index in [9.17, 15) is 18.0 Å². The highest BCUT2D eigenvalue weighted by Crippen LogP contribution is 2.31. The fourth-order valence-corrected chi connectivity index (χ4v) is 1.39. The first-order valence-electron chi connectivity index (χ1n) is 5.28. The quantitative estimate of drug-likeness (QED) is 0.877. The van der Waals surface area contributed by atoms with Crippen LogP contribution in [-0.2, 0) is 11.0 Å². The number of carboxylic acids is 1. The van der Waals surface area contributed by atoms with Crippen molar-refractivity contribution in [2.45, 2.75) is 6.18 Å². The number of carboxylic acid groups (broad SMARTS) is 1. The van der Waals surface area contributed by atoms with Crippen LogP contribution in [0.2, 0.25) is 0 Å². The number of halogens is 3. The molecule has 0 fully saturated rings. The van der Waals surface area contributed by atoms with Crippen LogP contribution in [0.4, 0.5) is 13.2 Å². The number of hydrogen-bond acceptors (Lipinski definition) is 4. The predicted octanol–water partition coefficient (Wildman–Crippen LogP) is 2.85. The Kier molecular flexibility index (Phi) is 3.55. The molecule has 0 unspecified atom stereocenters. The molecular weight excluding hydrogens is 277 g/mol. The molecule has 0 aliphatic rings. The van der Waals surface area contributed by atoms with Crippen molar-refractivity contribution in [1.82, 2.24) is 10.2 Å². The van der Waals surface area contributed by atoms with Gasteiger partial charge in [0.15, 0.2) is 0 Å². The molecule has 1 aromatic heterocycles. The van der Waals surface area contributed by atoms with Crippen LogP contribution in [0.15, 0.2) is 34.8 Å². The van der Waals surface area contributed by atoms with Gasteiger partial charge in [0.1, 0.15) is 0 Å². The van der Waals surface area contributed by atoms with E-state index in [4.69, 9.17) is 9.52 Å². The van der Waals surface area contributed by atoms with E-state index in [0.717, 1.165) is 24.3 Å². The summed E-state index contributed by atoms with van der Waals surface area (Å²) in [6.45, 7) is 0. The minimum atomic E-state index is -4.47. The Hall–Kier alpha value is -2.64. The van der Waals surface area contributed by atoms with Crippen molar-refractivity contribution in [3.63, 3.8) is 0 Å². The Morgan fingerprint density at radius 2 is 2.05 bits per heavy atom. The maximum atomic E-state index is 12.6. The van der Waals surface area contributed by atoms with Gasteiger partial charge in [0.2, 0.25) is 11.8 Å². The van der Waals surface area contributed by atoms with Gasteiger partial charge in [-0.25, -0.2) is 4.79 Å². The molecule has 5 nitrogen and oxygen atoms in total. The standard InChI is InChI=1S/C12H7F3N2O3/c13-12(14,15)8-3-1-2-7(6-8)11-17-16-9(20-11)4-5-10(18)19/h1-6H,(H,18,19)/b5-4+. The predicted molar refractivity (Wildman–Crippen MR) is 61.4 cm³/mol. The van der Waals surface area contributed by atoms with Crippen molar-refractivity contribution in [2.24, 2.45) is 0 Å². The van der Waals surface area contributed by atoms with Crippen LogP contribution in [0.25, 0.3) is 17.5 Å². The van der Waals surface area contributed by atoms with Crippen molar-refractivity contribution < 1.29 is 27.5 Å². The molecule has 0 aliphatic heterocycles. The zero-order valence-electron chi connectivity index (χ0n) is 9.76. The Morgan fingerprint density at radius 3 is 2.70 bits per heavy atom. The van der Waals surface area contributed by atoms with E-state index in [0.29, 0.717) is 0 Å². The molecule has 0 saturated carbocycles. The Balaban J connectivity index is 2.31. The molecule has 8 heteroatoms. The van der Waals surface area contributed by atoms with E-state index in [1.165, 1.54) is 12.1 Å². The van der Waals surface area contributed by atoms with Gasteiger partial charge >= 0.3 is 12.1 Å². The fraction of sp³-hybridized carbons (Fsp3) is 0.0833. The van der Waals surface area contributed by atoms with E-state index < -0.39 is 17.7 Å². The van der Waals surface area contributed by atoms with Crippen molar-refractivity contribution in [3.05, 3.63) is 41.8 Å². The highest BCUT2D eigenvalue weighted by Gasteiger charge is 2.30. The molecule has 104 valence electrons. The molecule has 0 saturated heterocycles. The summed E-state index contributed by atoms with van der Waals surface area (Å²) in [6.07, 6.45) is -2.64. The van der Waals surface area contributed by atoms with Crippen molar-refractivity contribution >= 4 is 12.0 Å². The average molecular weight is 284 g/mol. The van der Waals surface area contributed by atoms with Crippen LogP contribution in [0.3, 0.4) is 0 Å². The van der Waals surface area contributed by atoms with Crippen LogP contribution in [0.1, 0.15) is 11.5 Å². The summed E-state index contributed by atoms with van der Waals surface area (Å²) >= 11 is 0. The van der Waals surface area contributed by atoms with E-state index in [-0.39, 0.29) is 17.3 Å². The second-order valence-corrected chi connectivity index (χ2v) is 3.70. The molecule has 0 bridgehead atoms. The number of nitrogens with zero attached hydrogens (tertiary/aromatic N) is 2. The largest absolute Gasteiger partial charge is 0.478 e. The number of hydrogen-bond donors (Lipinski definition) is 1. The molecule has 1 N–H and O–H groups in total. The highest BCUT2D eigenvalue weighted by atomic mass is 19.4. The minimum absolute atomic E-state index is 0.0994. The lowest BCUT2D eigenvalue weighted by Crippen LogP contribution is -2.04. The Bertz CT molecular complexity index is 662. The zero-order valence-corrected chi connectivity index (χ0v) is 9.76. The summed E-state index contributed by atoms with van der Waals surface area (Å²) in [5.41, 5.74) is -0.738. The number of benzene rings is 1. The normalized spacial score (nSPS) is 11.9. The van der Waals surface area contributed by atoms with Crippen molar-refractivity contribution in [2.75, 3.05) is 0 Å². The molecule has 0 atom stereocenters. The highest BCUT2D eigenvalue weighted by molar-refractivity contribution is 5.84. The third-order valence-corrected chi connectivity index (χ3v) is 2.25. The van der Waals surface area contributed by atoms with Crippen LogP contribution in [0.5, 0.6) is 0 Å². The lowest BCUT2D eigenvalue weighted by molar-refractivity contribution is -0.137. The molecule has 1 heterocycles. The molecular formula is C12H7F3N2O3. The second-order valence-electron chi connectivity index (χ2n) is 3.70. The number of carbonyl (C=O) groups is 1. The van der Waals surface area contributed by atoms with Crippen LogP contribution in [-0.4, -0.2) is 21.3 Å². The van der Waals surface area contributed by atoms with Gasteiger partial charge in [-0.3, -0.25) is 0 Å². The van der Waals surface area contributed by atoms with Crippen LogP contribution < -0.4 is 0 Å². The van der Waals surface area contributed by atoms with Gasteiger partial charge in [0.05, 0.1) is 5.56 Å². The van der Waals surface area contributed by atoms with Gasteiger partial charge < -0.3 is 9.52 Å². The van der Waals surface area contributed by atoms with Crippen molar-refractivity contribution in [3.8, 4) is 11.5 Å². The first kappa shape index (κ1) is 13.8. The first-order valence-corrected chi connectivity index (χ1v) is 5.28. The number of rotatable bonds is 3. The summed E-state index contributed by atoms with van der Waals surface area (Å²) in [5, 5.41) is 15.5. The second kappa shape index (κ2) is 5.16. The number of aromatic nitrogens is 2. The maximum Gasteiger partial charge on any atom is 0.416 e. The molecule has 0 amide bonds. The third-order valence-electron chi connectivity index (χ3n) is 2.25. The molecule has 20 heavy (non-hydrogen) atoms. The maximum absolute atomic E-state index is 12.6. The monoisotopic (exact) mass is 284 g/mol. The molecule has 0 radical (unpaired) electrons. The minimum Gasteiger partial charge on any atom is -0.478 e. The Labute approximate surface area is 110 Å². The van der Waals surface area contributed by atoms with E-state index >= 15 is 0 Å². The number of aliphatic carboxylic acids is 1. The van der Waals surface area contributed by atoms with Gasteiger partial charge in [-0.2, -0.15) is 13.2 Å². The van der Waals surface area contributed by atoms with Gasteiger partial charge in [-0.15, -0.1) is 10.2 Å². The summed E-state index contributed by atoms with van der Waals surface area (Å²) < 4.78 is 42.7. The summed E-state index contributed by atoms with van der Waals surface area (Å²) in [4.78, 5) is 10.3. The molecule has 2 aromatic rings. The first-order chi connectivity index (χ1) is 9.36. The van der Waals surface area contributed by atoms with E-state index in [1.54, 1.807) is 0 Å². The summed E-state index contributed by atoms with van der Waals surface area (Å²) in [5.74, 6) is -1.44. The molecule has 0 aliphatic carbocycles. The van der Waals surface area contributed by atoms with Gasteiger partial charge in [0, 0.05) is 17.7 Å². The fourth-order valence-electron chi connectivity index (χ4n) is 1.39. The van der Waals surface area contributed by atoms with Gasteiger partial charge in [-0.05, 0) is 18.2 Å². The SMILES string of the molecule is O=C(O)/C=C/c1nnc(-c2cccc(C(F)(F)F)c2)o1. The molecule has 0 spiro atoms. The average Bonchev–Trinajstić information content (AvgIpc) is 2.84. The number of alkyl halides is 3. The summed E-state index contributed by atoms with van der Waals surface area (Å²) in [6, 6.07) is 4.39. The van der Waals surface area contributed by atoms with Crippen LogP contribution in [0, 0.1) is 0 Å². The zero-order chi connectivity index (χ0) is 14.8. The Morgan fingerprint density at radius 1 is 1.30 bits per heavy atom. The van der Waals surface area contributed by atoms with Crippen LogP contribution >= 0.6 is 0 Å². The smallest absolute Gasteiger partial charge is 0.416 e. The molecule has 2 rings (SSSR count). The summed E-state index contributed by atoms with van der Waals surface area (Å²) in [7, 11) is 0. The van der Waals surface area contributed by atoms with Crippen molar-refractivity contribution in [1.29, 1.82) is 0 Å². The van der Waals surface area contributed by atoms with Gasteiger partial charge in [-0.1, -0.05) is 6.07 Å². The lowest BCUT2D eigenvalue weighted by Gasteiger charge is -2.06. The lowest BCUT2D eigenvalue weighted by atomic mass is 10.1. The van der Waals surface area contributed by atoms with Gasteiger partial charge in [0.25, 0.3) is 0 Å². The molecule has 1 aromatic carbocycles. The third kappa shape index (κ3) is 3.22.